The molecule has 0 aliphatic heterocycles. The average molecular weight is 346 g/mol. The number of carboxylic acid groups (broad SMARTS) is 1. The lowest BCUT2D eigenvalue weighted by Gasteiger charge is -2.09. The number of nitrogens with zero attached hydrogens (tertiary/aromatic N) is 1. The first-order valence-electron chi connectivity index (χ1n) is 5.63. The fourth-order valence-electron chi connectivity index (χ4n) is 1.65. The van der Waals surface area contributed by atoms with E-state index in [9.17, 15) is 19.3 Å². The molecule has 0 saturated heterocycles. The summed E-state index contributed by atoms with van der Waals surface area (Å²) in [7, 11) is 0. The Morgan fingerprint density at radius 3 is 2.50 bits per heavy atom. The van der Waals surface area contributed by atoms with E-state index in [1.54, 1.807) is 0 Å². The summed E-state index contributed by atoms with van der Waals surface area (Å²) in [5.74, 6) is -2.85. The third kappa shape index (κ3) is 3.26. The van der Waals surface area contributed by atoms with Crippen molar-refractivity contribution in [2.45, 2.75) is 0 Å². The van der Waals surface area contributed by atoms with E-state index in [0.717, 1.165) is 24.3 Å². The van der Waals surface area contributed by atoms with Crippen molar-refractivity contribution in [1.82, 2.24) is 0 Å². The van der Waals surface area contributed by atoms with Gasteiger partial charge < -0.3 is 9.84 Å². The maximum atomic E-state index is 13.7. The molecule has 0 aliphatic carbocycles. The molecule has 0 spiro atoms. The van der Waals surface area contributed by atoms with E-state index in [4.69, 9.17) is 33.0 Å². The Bertz CT molecular complexity index is 758. The van der Waals surface area contributed by atoms with Gasteiger partial charge in [0.25, 0.3) is 5.69 Å². The van der Waals surface area contributed by atoms with E-state index in [1.165, 1.54) is 6.07 Å². The Labute approximate surface area is 132 Å². The van der Waals surface area contributed by atoms with Crippen molar-refractivity contribution in [1.29, 1.82) is 0 Å². The number of aromatic carboxylic acids is 1. The standard InChI is InChI=1S/C13H6Cl2FNO5/c14-6-3-9(15)12(10(16)4-6)22-7-1-2-11(17(20)21)8(5-7)13(18)19/h1-5H,(H,18,19). The molecule has 0 saturated carbocycles. The highest BCUT2D eigenvalue weighted by Crippen LogP contribution is 2.35. The van der Waals surface area contributed by atoms with Crippen molar-refractivity contribution in [2.75, 3.05) is 0 Å². The second kappa shape index (κ2) is 6.17. The van der Waals surface area contributed by atoms with Gasteiger partial charge in [0, 0.05) is 17.2 Å². The second-order valence-corrected chi connectivity index (χ2v) is 4.89. The second-order valence-electron chi connectivity index (χ2n) is 4.04. The summed E-state index contributed by atoms with van der Waals surface area (Å²) in [6, 6.07) is 5.19. The van der Waals surface area contributed by atoms with Gasteiger partial charge in [-0.15, -0.1) is 0 Å². The number of nitro benzene ring substituents is 1. The smallest absolute Gasteiger partial charge is 0.342 e. The molecule has 22 heavy (non-hydrogen) atoms. The van der Waals surface area contributed by atoms with Gasteiger partial charge in [-0.1, -0.05) is 23.2 Å². The van der Waals surface area contributed by atoms with Gasteiger partial charge in [-0.2, -0.15) is 0 Å². The predicted octanol–water partition coefficient (Wildman–Crippen LogP) is 4.53. The van der Waals surface area contributed by atoms with Crippen molar-refractivity contribution in [3.8, 4) is 11.5 Å². The fourth-order valence-corrected chi connectivity index (χ4v) is 2.16. The van der Waals surface area contributed by atoms with Gasteiger partial charge in [0.2, 0.25) is 0 Å². The molecule has 6 nitrogen and oxygen atoms in total. The van der Waals surface area contributed by atoms with Crippen molar-refractivity contribution in [3.63, 3.8) is 0 Å². The van der Waals surface area contributed by atoms with Gasteiger partial charge in [-0.05, 0) is 18.2 Å². The Morgan fingerprint density at radius 2 is 1.95 bits per heavy atom. The summed E-state index contributed by atoms with van der Waals surface area (Å²) in [5.41, 5.74) is -1.20. The van der Waals surface area contributed by atoms with Crippen molar-refractivity contribution >= 4 is 34.9 Å². The zero-order valence-corrected chi connectivity index (χ0v) is 12.1. The topological polar surface area (TPSA) is 89.7 Å². The lowest BCUT2D eigenvalue weighted by atomic mass is 10.1. The molecular formula is C13H6Cl2FNO5. The van der Waals surface area contributed by atoms with Crippen LogP contribution in [0.2, 0.25) is 10.0 Å². The molecule has 0 aliphatic rings. The lowest BCUT2D eigenvalue weighted by Crippen LogP contribution is -2.03. The number of benzene rings is 2. The van der Waals surface area contributed by atoms with Crippen LogP contribution in [0.1, 0.15) is 10.4 Å². The molecule has 2 aromatic rings. The SMILES string of the molecule is O=C(O)c1cc(Oc2c(F)cc(Cl)cc2Cl)ccc1[N+](=O)[O-]. The molecule has 0 heterocycles. The molecule has 0 aromatic heterocycles. The lowest BCUT2D eigenvalue weighted by molar-refractivity contribution is -0.385. The highest BCUT2D eigenvalue weighted by atomic mass is 35.5. The van der Waals surface area contributed by atoms with Crippen LogP contribution in [0.5, 0.6) is 11.5 Å². The van der Waals surface area contributed by atoms with Crippen molar-refractivity contribution in [3.05, 3.63) is 61.9 Å². The maximum Gasteiger partial charge on any atom is 0.342 e. The average Bonchev–Trinajstić information content (AvgIpc) is 2.42. The molecule has 2 rings (SSSR count). The van der Waals surface area contributed by atoms with E-state index in [-0.39, 0.29) is 21.5 Å². The van der Waals surface area contributed by atoms with Gasteiger partial charge in [-0.25, -0.2) is 9.18 Å². The first kappa shape index (κ1) is 16.0. The minimum atomic E-state index is -1.51. The van der Waals surface area contributed by atoms with E-state index in [0.29, 0.717) is 0 Å². The molecule has 2 aromatic carbocycles. The Kier molecular flexibility index (Phi) is 4.48. The first-order chi connectivity index (χ1) is 10.3. The minimum absolute atomic E-state index is 0.0600. The third-order valence-electron chi connectivity index (χ3n) is 2.58. The molecule has 0 unspecified atom stereocenters. The summed E-state index contributed by atoms with van der Waals surface area (Å²) >= 11 is 11.4. The number of rotatable bonds is 4. The Balaban J connectivity index is 2.45. The van der Waals surface area contributed by atoms with Gasteiger partial charge in [-0.3, -0.25) is 10.1 Å². The molecule has 9 heteroatoms. The molecular weight excluding hydrogens is 340 g/mol. The van der Waals surface area contributed by atoms with Crippen molar-refractivity contribution in [2.24, 2.45) is 0 Å². The van der Waals surface area contributed by atoms with Crippen molar-refractivity contribution < 1.29 is 24.0 Å². The zero-order chi connectivity index (χ0) is 16.4. The summed E-state index contributed by atoms with van der Waals surface area (Å²) in [4.78, 5) is 20.9. The highest BCUT2D eigenvalue weighted by molar-refractivity contribution is 6.35. The number of ether oxygens (including phenoxy) is 1. The largest absolute Gasteiger partial charge is 0.477 e. The van der Waals surface area contributed by atoms with Gasteiger partial charge in [0.15, 0.2) is 11.6 Å². The summed E-state index contributed by atoms with van der Waals surface area (Å²) in [5, 5.41) is 19.7. The number of hydrogen-bond donors (Lipinski definition) is 1. The maximum absolute atomic E-state index is 13.7. The third-order valence-corrected chi connectivity index (χ3v) is 3.08. The quantitative estimate of drug-likeness (QED) is 0.649. The van der Waals surface area contributed by atoms with Crippen LogP contribution < -0.4 is 4.74 Å². The molecule has 114 valence electrons. The van der Waals surface area contributed by atoms with Crippen LogP contribution in [-0.4, -0.2) is 16.0 Å². The fraction of sp³-hybridized carbons (Fsp3) is 0. The summed E-state index contributed by atoms with van der Waals surface area (Å²) in [6.07, 6.45) is 0. The van der Waals surface area contributed by atoms with E-state index >= 15 is 0 Å². The normalized spacial score (nSPS) is 10.3. The molecule has 1 N–H and O–H groups in total. The monoisotopic (exact) mass is 345 g/mol. The zero-order valence-electron chi connectivity index (χ0n) is 10.5. The molecule has 0 radical (unpaired) electrons. The van der Waals surface area contributed by atoms with E-state index < -0.39 is 28.0 Å². The minimum Gasteiger partial charge on any atom is -0.477 e. The van der Waals surface area contributed by atoms with Gasteiger partial charge in [0.05, 0.1) is 9.95 Å². The number of hydrogen-bond acceptors (Lipinski definition) is 4. The molecule has 0 atom stereocenters. The predicted molar refractivity (Wildman–Crippen MR) is 76.5 cm³/mol. The van der Waals surface area contributed by atoms with E-state index in [2.05, 4.69) is 0 Å². The van der Waals surface area contributed by atoms with Gasteiger partial charge >= 0.3 is 5.97 Å². The molecule has 0 amide bonds. The Morgan fingerprint density at radius 1 is 1.27 bits per heavy atom. The first-order valence-corrected chi connectivity index (χ1v) is 6.39. The number of halogens is 3. The molecule has 0 bridgehead atoms. The number of carbonyl (C=O) groups is 1. The van der Waals surface area contributed by atoms with Crippen LogP contribution in [0, 0.1) is 15.9 Å². The van der Waals surface area contributed by atoms with Crippen LogP contribution in [0.3, 0.4) is 0 Å². The highest BCUT2D eigenvalue weighted by Gasteiger charge is 2.21. The number of carboxylic acids is 1. The van der Waals surface area contributed by atoms with Crippen LogP contribution in [0.4, 0.5) is 10.1 Å². The summed E-state index contributed by atoms with van der Waals surface area (Å²) < 4.78 is 18.9. The summed E-state index contributed by atoms with van der Waals surface area (Å²) in [6.45, 7) is 0. The molecule has 0 fully saturated rings. The van der Waals surface area contributed by atoms with Crippen LogP contribution in [0.15, 0.2) is 30.3 Å². The van der Waals surface area contributed by atoms with Crippen LogP contribution >= 0.6 is 23.2 Å². The number of nitro groups is 1. The van der Waals surface area contributed by atoms with Gasteiger partial charge in [0.1, 0.15) is 11.3 Å². The Hall–Kier alpha value is -2.38. The van der Waals surface area contributed by atoms with E-state index in [1.807, 2.05) is 0 Å². The van der Waals surface area contributed by atoms with Crippen LogP contribution in [0.25, 0.3) is 0 Å². The van der Waals surface area contributed by atoms with Crippen LogP contribution in [-0.2, 0) is 0 Å².